The minimum atomic E-state index is -4.41. The molecule has 1 aliphatic rings. The van der Waals surface area contributed by atoms with Crippen molar-refractivity contribution in [2.24, 2.45) is 4.99 Å². The second-order valence-electron chi connectivity index (χ2n) is 8.42. The largest absolute Gasteiger partial charge is 0.416 e. The number of aromatic nitrogens is 2. The Bertz CT molecular complexity index is 1030. The number of hydrogen-bond donors (Lipinski definition) is 0. The molecule has 0 amide bonds. The lowest BCUT2D eigenvalue weighted by molar-refractivity contribution is -0.137. The highest BCUT2D eigenvalue weighted by atomic mass is 19.4. The molecule has 196 valence electrons. The van der Waals surface area contributed by atoms with Crippen molar-refractivity contribution in [2.75, 3.05) is 46.7 Å². The molecule has 0 spiro atoms. The summed E-state index contributed by atoms with van der Waals surface area (Å²) >= 11 is 0. The molecule has 0 aliphatic carbocycles. The van der Waals surface area contributed by atoms with Crippen molar-refractivity contribution in [1.82, 2.24) is 14.7 Å². The fourth-order valence-electron chi connectivity index (χ4n) is 3.70. The van der Waals surface area contributed by atoms with E-state index in [0.717, 1.165) is 37.2 Å². The number of alkyl halides is 3. The van der Waals surface area contributed by atoms with Gasteiger partial charge in [0.25, 0.3) is 0 Å². The minimum absolute atomic E-state index is 0.0586. The Morgan fingerprint density at radius 2 is 2.03 bits per heavy atom. The summed E-state index contributed by atoms with van der Waals surface area (Å²) in [6.45, 7) is 9.91. The Morgan fingerprint density at radius 1 is 1.25 bits per heavy atom. The van der Waals surface area contributed by atoms with Gasteiger partial charge in [-0.25, -0.2) is 4.68 Å². The van der Waals surface area contributed by atoms with E-state index in [4.69, 9.17) is 14.2 Å². The smallest absolute Gasteiger partial charge is 0.379 e. The molecular weight excluding hydrogens is 473 g/mol. The van der Waals surface area contributed by atoms with Crippen LogP contribution in [-0.2, 0) is 27.0 Å². The monoisotopic (exact) mass is 506 g/mol. The van der Waals surface area contributed by atoms with Gasteiger partial charge in [-0.15, -0.1) is 0 Å². The second kappa shape index (κ2) is 13.5. The number of halogens is 3. The molecule has 3 rings (SSSR count). The van der Waals surface area contributed by atoms with Crippen LogP contribution >= 0.6 is 0 Å². The molecule has 7 nitrogen and oxygen atoms in total. The van der Waals surface area contributed by atoms with Gasteiger partial charge in [-0.05, 0) is 49.8 Å². The highest BCUT2D eigenvalue weighted by Gasteiger charge is 2.30. The van der Waals surface area contributed by atoms with Gasteiger partial charge in [0.1, 0.15) is 0 Å². The van der Waals surface area contributed by atoms with Crippen molar-refractivity contribution in [3.63, 3.8) is 0 Å². The Kier molecular flexibility index (Phi) is 10.4. The first-order chi connectivity index (χ1) is 17.3. The lowest BCUT2D eigenvalue weighted by atomic mass is 10.1. The number of allylic oxidation sites excluding steroid dienone is 3. The molecule has 1 atom stereocenters. The van der Waals surface area contributed by atoms with Crippen molar-refractivity contribution < 1.29 is 27.4 Å². The summed E-state index contributed by atoms with van der Waals surface area (Å²) in [5.74, 6) is 0. The normalized spacial score (nSPS) is 19.0. The molecule has 1 fully saturated rings. The van der Waals surface area contributed by atoms with Gasteiger partial charge >= 0.3 is 6.18 Å². The molecule has 0 saturated carbocycles. The zero-order valence-electron chi connectivity index (χ0n) is 20.7. The van der Waals surface area contributed by atoms with E-state index in [-0.39, 0.29) is 12.7 Å². The molecule has 0 radical (unpaired) electrons. The zero-order chi connectivity index (χ0) is 26.0. The average Bonchev–Trinajstić information content (AvgIpc) is 3.27. The van der Waals surface area contributed by atoms with Crippen LogP contribution in [0.2, 0.25) is 0 Å². The lowest BCUT2D eigenvalue weighted by Gasteiger charge is -2.24. The molecule has 1 unspecified atom stereocenters. The first kappa shape index (κ1) is 27.8. The minimum Gasteiger partial charge on any atom is -0.379 e. The van der Waals surface area contributed by atoms with Crippen LogP contribution in [0.25, 0.3) is 11.3 Å². The summed E-state index contributed by atoms with van der Waals surface area (Å²) in [7, 11) is 1.65. The average molecular weight is 507 g/mol. The summed E-state index contributed by atoms with van der Waals surface area (Å²) in [5.41, 5.74) is 1.81. The topological polar surface area (TPSA) is 61.1 Å². The third kappa shape index (κ3) is 8.12. The number of aliphatic imine (C=N–C) groups is 1. The molecule has 2 heterocycles. The number of rotatable bonds is 8. The quantitative estimate of drug-likeness (QED) is 0.382. The number of benzene rings is 1. The van der Waals surface area contributed by atoms with Crippen LogP contribution in [0.1, 0.15) is 30.3 Å². The van der Waals surface area contributed by atoms with Gasteiger partial charge in [-0.2, -0.15) is 18.3 Å². The predicted octanol–water partition coefficient (Wildman–Crippen LogP) is 4.76. The number of hydrogen-bond acceptors (Lipinski definition) is 6. The Hall–Kier alpha value is -2.79. The highest BCUT2D eigenvalue weighted by molar-refractivity contribution is 5.87. The van der Waals surface area contributed by atoms with Gasteiger partial charge in [-0.1, -0.05) is 12.7 Å². The van der Waals surface area contributed by atoms with E-state index in [1.54, 1.807) is 30.1 Å². The van der Waals surface area contributed by atoms with Crippen molar-refractivity contribution in [3.05, 3.63) is 66.0 Å². The standard InChI is InChI=1S/C26H33F3N4O3/c1-4-21(10-11-30-3)25-16-23(31-33(25)24-8-6-22(7-9-24)26(27,28)29)18-35-19-32-12-5-14-34-17-20(2)36-15-13-32/h4,6-11,16,20H,1,5,12-15,17-19H2,2-3H3/b21-10+,30-11?. The molecule has 1 aromatic heterocycles. The van der Waals surface area contributed by atoms with E-state index in [1.807, 2.05) is 13.0 Å². The van der Waals surface area contributed by atoms with Crippen molar-refractivity contribution >= 4 is 11.8 Å². The fraction of sp³-hybridized carbons (Fsp3) is 0.462. The van der Waals surface area contributed by atoms with Crippen LogP contribution in [0.5, 0.6) is 0 Å². The van der Waals surface area contributed by atoms with Crippen LogP contribution in [0.15, 0.2) is 54.1 Å². The molecule has 2 aromatic rings. The van der Waals surface area contributed by atoms with E-state index in [1.165, 1.54) is 12.1 Å². The van der Waals surface area contributed by atoms with E-state index >= 15 is 0 Å². The summed E-state index contributed by atoms with van der Waals surface area (Å²) in [5, 5.41) is 4.62. The first-order valence-corrected chi connectivity index (χ1v) is 11.8. The lowest BCUT2D eigenvalue weighted by Crippen LogP contribution is -2.34. The number of nitrogens with zero attached hydrogens (tertiary/aromatic N) is 4. The van der Waals surface area contributed by atoms with E-state index in [0.29, 0.717) is 43.6 Å². The maximum absolute atomic E-state index is 13.0. The molecule has 0 N–H and O–H groups in total. The predicted molar refractivity (Wildman–Crippen MR) is 133 cm³/mol. The van der Waals surface area contributed by atoms with Crippen LogP contribution in [0.3, 0.4) is 0 Å². The van der Waals surface area contributed by atoms with Crippen LogP contribution in [0, 0.1) is 0 Å². The van der Waals surface area contributed by atoms with Crippen LogP contribution < -0.4 is 0 Å². The van der Waals surface area contributed by atoms with Gasteiger partial charge in [-0.3, -0.25) is 9.89 Å². The van der Waals surface area contributed by atoms with E-state index in [9.17, 15) is 13.2 Å². The highest BCUT2D eigenvalue weighted by Crippen LogP contribution is 2.30. The summed E-state index contributed by atoms with van der Waals surface area (Å²) in [6.07, 6.45) is 1.59. The van der Waals surface area contributed by atoms with E-state index in [2.05, 4.69) is 21.6 Å². The summed E-state index contributed by atoms with van der Waals surface area (Å²) in [6, 6.07) is 6.72. The van der Waals surface area contributed by atoms with Gasteiger partial charge < -0.3 is 14.2 Å². The van der Waals surface area contributed by atoms with Gasteiger partial charge in [0.15, 0.2) is 0 Å². The molecule has 36 heavy (non-hydrogen) atoms. The Labute approximate surface area is 209 Å². The van der Waals surface area contributed by atoms with Crippen LogP contribution in [0.4, 0.5) is 13.2 Å². The van der Waals surface area contributed by atoms with E-state index < -0.39 is 11.7 Å². The Morgan fingerprint density at radius 3 is 2.72 bits per heavy atom. The van der Waals surface area contributed by atoms with Gasteiger partial charge in [0, 0.05) is 38.5 Å². The Balaban J connectivity index is 1.76. The molecule has 10 heteroatoms. The molecule has 1 aromatic carbocycles. The SMILES string of the molecule is C=C/C(=C\C=NC)c1cc(COCN2CCCOCC(C)OCC2)nn1-c1ccc(C(F)(F)F)cc1. The number of ether oxygens (including phenoxy) is 3. The maximum atomic E-state index is 13.0. The van der Waals surface area contributed by atoms with Crippen molar-refractivity contribution in [3.8, 4) is 5.69 Å². The van der Waals surface area contributed by atoms with Gasteiger partial charge in [0.05, 0.1) is 55.3 Å². The van der Waals surface area contributed by atoms with Crippen LogP contribution in [-0.4, -0.2) is 73.7 Å². The first-order valence-electron chi connectivity index (χ1n) is 11.8. The van der Waals surface area contributed by atoms with Crippen molar-refractivity contribution in [1.29, 1.82) is 0 Å². The molecule has 1 saturated heterocycles. The summed E-state index contributed by atoms with van der Waals surface area (Å²) < 4.78 is 58.0. The molecular formula is C26H33F3N4O3. The zero-order valence-corrected chi connectivity index (χ0v) is 20.7. The van der Waals surface area contributed by atoms with Gasteiger partial charge in [0.2, 0.25) is 0 Å². The van der Waals surface area contributed by atoms with Crippen molar-refractivity contribution in [2.45, 2.75) is 32.2 Å². The third-order valence-electron chi connectivity index (χ3n) is 5.57. The second-order valence-corrected chi connectivity index (χ2v) is 8.42. The maximum Gasteiger partial charge on any atom is 0.416 e. The fourth-order valence-corrected chi connectivity index (χ4v) is 3.70. The molecule has 0 bridgehead atoms. The summed E-state index contributed by atoms with van der Waals surface area (Å²) in [4.78, 5) is 6.13. The third-order valence-corrected chi connectivity index (χ3v) is 5.57. The molecule has 1 aliphatic heterocycles.